The van der Waals surface area contributed by atoms with Crippen LogP contribution < -0.4 is 10.5 Å². The molecule has 0 heterocycles. The second-order valence-corrected chi connectivity index (χ2v) is 3.79. The molecule has 3 heteroatoms. The van der Waals surface area contributed by atoms with Crippen molar-refractivity contribution >= 4 is 11.6 Å². The lowest BCUT2D eigenvalue weighted by Gasteiger charge is -2.07. The predicted octanol–water partition coefficient (Wildman–Crippen LogP) is 3.59. The van der Waals surface area contributed by atoms with Crippen molar-refractivity contribution in [3.05, 3.63) is 59.1 Å². The van der Waals surface area contributed by atoms with E-state index in [9.17, 15) is 0 Å². The molecule has 0 aliphatic carbocycles. The average Bonchev–Trinajstić information content (AvgIpc) is 2.33. The van der Waals surface area contributed by atoms with Gasteiger partial charge in [0.25, 0.3) is 0 Å². The molecule has 0 unspecified atom stereocenters. The number of para-hydroxylation sites is 1. The first-order chi connectivity index (χ1) is 7.79. The Labute approximate surface area is 99.6 Å². The molecule has 0 saturated heterocycles. The number of halogens is 1. The van der Waals surface area contributed by atoms with Crippen LogP contribution in [0.25, 0.3) is 0 Å². The van der Waals surface area contributed by atoms with Crippen molar-refractivity contribution in [2.24, 2.45) is 5.73 Å². The first-order valence-electron chi connectivity index (χ1n) is 5.01. The topological polar surface area (TPSA) is 35.2 Å². The minimum Gasteiger partial charge on any atom is -0.456 e. The number of ether oxygens (including phenoxy) is 1. The SMILES string of the molecule is NCc1ccc(Oc2ccccc2Cl)cc1. The lowest BCUT2D eigenvalue weighted by molar-refractivity contribution is 0.482. The zero-order valence-corrected chi connectivity index (χ0v) is 9.45. The van der Waals surface area contributed by atoms with Crippen LogP contribution in [0.4, 0.5) is 0 Å². The van der Waals surface area contributed by atoms with E-state index in [2.05, 4.69) is 0 Å². The van der Waals surface area contributed by atoms with Crippen molar-refractivity contribution in [3.63, 3.8) is 0 Å². The molecule has 0 atom stereocenters. The van der Waals surface area contributed by atoms with Gasteiger partial charge < -0.3 is 10.5 Å². The summed E-state index contributed by atoms with van der Waals surface area (Å²) in [7, 11) is 0. The fraction of sp³-hybridized carbons (Fsp3) is 0.0769. The average molecular weight is 234 g/mol. The highest BCUT2D eigenvalue weighted by Crippen LogP contribution is 2.28. The van der Waals surface area contributed by atoms with Crippen LogP contribution in [0.3, 0.4) is 0 Å². The third kappa shape index (κ3) is 2.54. The molecule has 0 radical (unpaired) electrons. The van der Waals surface area contributed by atoms with Crippen molar-refractivity contribution in [1.29, 1.82) is 0 Å². The van der Waals surface area contributed by atoms with Crippen molar-refractivity contribution < 1.29 is 4.74 Å². The fourth-order valence-corrected chi connectivity index (χ4v) is 1.52. The maximum Gasteiger partial charge on any atom is 0.146 e. The van der Waals surface area contributed by atoms with E-state index >= 15 is 0 Å². The maximum atomic E-state index is 5.99. The molecule has 0 aliphatic rings. The summed E-state index contributed by atoms with van der Waals surface area (Å²) in [6.07, 6.45) is 0. The smallest absolute Gasteiger partial charge is 0.146 e. The highest BCUT2D eigenvalue weighted by Gasteiger charge is 2.01. The van der Waals surface area contributed by atoms with Crippen molar-refractivity contribution in [2.45, 2.75) is 6.54 Å². The van der Waals surface area contributed by atoms with E-state index in [1.54, 1.807) is 6.07 Å². The highest BCUT2D eigenvalue weighted by molar-refractivity contribution is 6.32. The van der Waals surface area contributed by atoms with E-state index in [0.29, 0.717) is 17.3 Å². The number of rotatable bonds is 3. The molecule has 0 fully saturated rings. The van der Waals surface area contributed by atoms with Crippen LogP contribution in [0.1, 0.15) is 5.56 Å². The largest absolute Gasteiger partial charge is 0.456 e. The molecule has 2 aromatic rings. The first kappa shape index (κ1) is 11.0. The lowest BCUT2D eigenvalue weighted by atomic mass is 10.2. The van der Waals surface area contributed by atoms with Gasteiger partial charge >= 0.3 is 0 Å². The fourth-order valence-electron chi connectivity index (χ4n) is 1.35. The van der Waals surface area contributed by atoms with E-state index in [4.69, 9.17) is 22.1 Å². The van der Waals surface area contributed by atoms with Gasteiger partial charge in [-0.15, -0.1) is 0 Å². The van der Waals surface area contributed by atoms with Crippen LogP contribution in [0.2, 0.25) is 5.02 Å². The summed E-state index contributed by atoms with van der Waals surface area (Å²) in [5.74, 6) is 1.41. The molecular weight excluding hydrogens is 222 g/mol. The van der Waals surface area contributed by atoms with Crippen LogP contribution in [0.15, 0.2) is 48.5 Å². The summed E-state index contributed by atoms with van der Waals surface area (Å²) in [4.78, 5) is 0. The van der Waals surface area contributed by atoms with Crippen LogP contribution in [0.5, 0.6) is 11.5 Å². The zero-order valence-electron chi connectivity index (χ0n) is 8.69. The lowest BCUT2D eigenvalue weighted by Crippen LogP contribution is -1.95. The molecule has 0 bridgehead atoms. The Morgan fingerprint density at radius 3 is 2.31 bits per heavy atom. The van der Waals surface area contributed by atoms with E-state index in [-0.39, 0.29) is 0 Å². The standard InChI is InChI=1S/C13H12ClNO/c14-12-3-1-2-4-13(12)16-11-7-5-10(9-15)6-8-11/h1-8H,9,15H2. The van der Waals surface area contributed by atoms with Crippen LogP contribution in [-0.4, -0.2) is 0 Å². The molecule has 2 rings (SSSR count). The minimum absolute atomic E-state index is 0.534. The van der Waals surface area contributed by atoms with Crippen molar-refractivity contribution in [3.8, 4) is 11.5 Å². The molecule has 0 spiro atoms. The third-order valence-electron chi connectivity index (χ3n) is 2.22. The van der Waals surface area contributed by atoms with Gasteiger partial charge in [-0.25, -0.2) is 0 Å². The summed E-state index contributed by atoms with van der Waals surface area (Å²) in [6, 6.07) is 15.0. The van der Waals surface area contributed by atoms with E-state index in [1.165, 1.54) is 0 Å². The van der Waals surface area contributed by atoms with Gasteiger partial charge in [-0.1, -0.05) is 35.9 Å². The van der Waals surface area contributed by atoms with Gasteiger partial charge in [0.2, 0.25) is 0 Å². The Hall–Kier alpha value is -1.51. The molecule has 0 amide bonds. The summed E-state index contributed by atoms with van der Waals surface area (Å²) in [6.45, 7) is 0.534. The van der Waals surface area contributed by atoms with Gasteiger partial charge in [-0.05, 0) is 29.8 Å². The number of hydrogen-bond donors (Lipinski definition) is 1. The Balaban J connectivity index is 2.18. The Morgan fingerprint density at radius 2 is 1.69 bits per heavy atom. The van der Waals surface area contributed by atoms with Gasteiger partial charge in [-0.2, -0.15) is 0 Å². The summed E-state index contributed by atoms with van der Waals surface area (Å²) < 4.78 is 5.64. The predicted molar refractivity (Wildman–Crippen MR) is 65.9 cm³/mol. The Morgan fingerprint density at radius 1 is 1.00 bits per heavy atom. The monoisotopic (exact) mass is 233 g/mol. The van der Waals surface area contributed by atoms with E-state index < -0.39 is 0 Å². The van der Waals surface area contributed by atoms with Gasteiger partial charge in [0.05, 0.1) is 5.02 Å². The normalized spacial score (nSPS) is 10.1. The number of nitrogens with two attached hydrogens (primary N) is 1. The van der Waals surface area contributed by atoms with Crippen molar-refractivity contribution in [1.82, 2.24) is 0 Å². The molecule has 0 saturated carbocycles. The van der Waals surface area contributed by atoms with Gasteiger partial charge in [0.1, 0.15) is 11.5 Å². The van der Waals surface area contributed by atoms with E-state index in [1.807, 2.05) is 42.5 Å². The van der Waals surface area contributed by atoms with Gasteiger partial charge in [-0.3, -0.25) is 0 Å². The summed E-state index contributed by atoms with van der Waals surface area (Å²) in [5.41, 5.74) is 6.59. The summed E-state index contributed by atoms with van der Waals surface area (Å²) >= 11 is 5.99. The molecule has 2 nitrogen and oxygen atoms in total. The van der Waals surface area contributed by atoms with Crippen molar-refractivity contribution in [2.75, 3.05) is 0 Å². The Kier molecular flexibility index (Phi) is 3.44. The third-order valence-corrected chi connectivity index (χ3v) is 2.54. The highest BCUT2D eigenvalue weighted by atomic mass is 35.5. The second kappa shape index (κ2) is 5.01. The quantitative estimate of drug-likeness (QED) is 0.879. The summed E-state index contributed by atoms with van der Waals surface area (Å²) in [5, 5.41) is 0.602. The zero-order chi connectivity index (χ0) is 11.4. The van der Waals surface area contributed by atoms with E-state index in [0.717, 1.165) is 11.3 Å². The van der Waals surface area contributed by atoms with Crippen LogP contribution in [0, 0.1) is 0 Å². The second-order valence-electron chi connectivity index (χ2n) is 3.38. The Bertz CT molecular complexity index is 468. The maximum absolute atomic E-state index is 5.99. The molecule has 0 aliphatic heterocycles. The van der Waals surface area contributed by atoms with Gasteiger partial charge in [0.15, 0.2) is 0 Å². The van der Waals surface area contributed by atoms with Crippen LogP contribution >= 0.6 is 11.6 Å². The molecule has 2 N–H and O–H groups in total. The van der Waals surface area contributed by atoms with Crippen LogP contribution in [-0.2, 0) is 6.54 Å². The molecule has 16 heavy (non-hydrogen) atoms. The number of hydrogen-bond acceptors (Lipinski definition) is 2. The minimum atomic E-state index is 0.534. The molecular formula is C13H12ClNO. The number of benzene rings is 2. The molecule has 2 aromatic carbocycles. The molecule has 82 valence electrons. The molecule has 0 aromatic heterocycles. The van der Waals surface area contributed by atoms with Gasteiger partial charge in [0, 0.05) is 6.54 Å². The first-order valence-corrected chi connectivity index (χ1v) is 5.39.